The van der Waals surface area contributed by atoms with Crippen molar-refractivity contribution in [3.8, 4) is 28.7 Å². The number of pyridine rings is 1. The third kappa shape index (κ3) is 8.96. The molecule has 6 aromatic rings. The van der Waals surface area contributed by atoms with Crippen LogP contribution in [0.1, 0.15) is 51.0 Å². The molecule has 11 nitrogen and oxygen atoms in total. The van der Waals surface area contributed by atoms with Crippen LogP contribution in [0.4, 0.5) is 5.69 Å². The Kier molecular flexibility index (Phi) is 11.8. The Bertz CT molecular complexity index is 2600. The van der Waals surface area contributed by atoms with Gasteiger partial charge in [0.25, 0.3) is 5.91 Å². The first-order chi connectivity index (χ1) is 29.1. The number of amides is 2. The first kappa shape index (κ1) is 40.1. The number of carboxylic acids is 1. The Morgan fingerprint density at radius 1 is 0.917 bits per heavy atom. The number of nitrogens with zero attached hydrogens (tertiary/aromatic N) is 2. The van der Waals surface area contributed by atoms with Crippen LogP contribution in [-0.4, -0.2) is 40.0 Å². The smallest absolute Gasteiger partial charge is 0.326 e. The number of aromatic nitrogens is 1. The van der Waals surface area contributed by atoms with Gasteiger partial charge in [-0.25, -0.2) is 9.78 Å². The number of carboxylic acid groups (broad SMARTS) is 1. The molecule has 13 heteroatoms. The summed E-state index contributed by atoms with van der Waals surface area (Å²) in [6.45, 7) is 0.532. The van der Waals surface area contributed by atoms with Gasteiger partial charge in [-0.1, -0.05) is 102 Å². The fourth-order valence-corrected chi connectivity index (χ4v) is 7.85. The zero-order valence-electron chi connectivity index (χ0n) is 31.9. The summed E-state index contributed by atoms with van der Waals surface area (Å²) in [6, 6.07) is 37.1. The Morgan fingerprint density at radius 2 is 1.63 bits per heavy atom. The van der Waals surface area contributed by atoms with E-state index in [1.54, 1.807) is 48.7 Å². The van der Waals surface area contributed by atoms with Crippen molar-refractivity contribution in [3.63, 3.8) is 0 Å². The third-order valence-electron chi connectivity index (χ3n) is 10.7. The molecular formula is C47H37Cl2N5O6. The molecule has 4 N–H and O–H groups in total. The largest absolute Gasteiger partial charge is 0.489 e. The second-order valence-electron chi connectivity index (χ2n) is 14.7. The first-order valence-corrected chi connectivity index (χ1v) is 19.9. The standard InChI is InChI=1S/C47H37Cl2N5O6/c48-38-19-30(24-52-44(38)49)26-59-35-16-14-33(15-17-35)43-46(56)53-39-22-36-34(21-41(39)60-43)25-51-42(37(36)18-27-4-2-1-3-5-27)45(55)54-40(47(57)58)20-28-6-10-31(11-7-28)32-12-8-29(23-50)9-13-32/h1-17,19,21-22,24,37,40,42-43,51H,18,20,25-26H2,(H,53,56)(H,54,55)(H,57,58)/t37?,40-,42?,43?/m0/s1. The second kappa shape index (κ2) is 17.6. The Hall–Kier alpha value is -6.71. The van der Waals surface area contributed by atoms with Crippen LogP contribution in [0.25, 0.3) is 11.1 Å². The van der Waals surface area contributed by atoms with Gasteiger partial charge >= 0.3 is 5.97 Å². The maximum Gasteiger partial charge on any atom is 0.326 e. The maximum absolute atomic E-state index is 14.1. The number of nitrogens with one attached hydrogen (secondary N) is 3. The third-order valence-corrected chi connectivity index (χ3v) is 11.4. The van der Waals surface area contributed by atoms with E-state index >= 15 is 0 Å². The summed E-state index contributed by atoms with van der Waals surface area (Å²) in [5.41, 5.74) is 7.75. The molecule has 3 unspecified atom stereocenters. The normalized spacial score (nSPS) is 17.1. The van der Waals surface area contributed by atoms with Gasteiger partial charge in [0, 0.05) is 36.2 Å². The summed E-state index contributed by atoms with van der Waals surface area (Å²) >= 11 is 12.0. The van der Waals surface area contributed by atoms with Crippen LogP contribution in [0.5, 0.6) is 11.5 Å². The van der Waals surface area contributed by atoms with E-state index in [0.717, 1.165) is 38.9 Å². The fourth-order valence-electron chi connectivity index (χ4n) is 7.56. The lowest BCUT2D eigenvalue weighted by molar-refractivity contribution is -0.142. The van der Waals surface area contributed by atoms with Crippen LogP contribution < -0.4 is 25.4 Å². The van der Waals surface area contributed by atoms with Gasteiger partial charge in [-0.2, -0.15) is 5.26 Å². The number of carbonyl (C=O) groups excluding carboxylic acids is 2. The topological polar surface area (TPSA) is 163 Å². The molecule has 2 amide bonds. The molecule has 0 saturated heterocycles. The summed E-state index contributed by atoms with van der Waals surface area (Å²) < 4.78 is 12.2. The molecule has 60 heavy (non-hydrogen) atoms. The van der Waals surface area contributed by atoms with Crippen molar-refractivity contribution in [3.05, 3.63) is 177 Å². The van der Waals surface area contributed by atoms with Gasteiger partial charge in [-0.05, 0) is 82.3 Å². The zero-order chi connectivity index (χ0) is 41.8. The summed E-state index contributed by atoms with van der Waals surface area (Å²) in [5.74, 6) is -1.29. The van der Waals surface area contributed by atoms with Crippen molar-refractivity contribution in [2.75, 3.05) is 5.32 Å². The number of halogens is 2. The summed E-state index contributed by atoms with van der Waals surface area (Å²) in [6.07, 6.45) is 1.22. The molecule has 2 aliphatic rings. The molecule has 3 heterocycles. The molecule has 2 aliphatic heterocycles. The minimum absolute atomic E-state index is 0.0750. The Morgan fingerprint density at radius 3 is 2.32 bits per heavy atom. The van der Waals surface area contributed by atoms with Crippen LogP contribution in [0.2, 0.25) is 10.2 Å². The number of nitriles is 1. The van der Waals surface area contributed by atoms with Crippen molar-refractivity contribution in [2.24, 2.45) is 0 Å². The molecule has 0 bridgehead atoms. The molecule has 0 fully saturated rings. The molecule has 8 rings (SSSR count). The van der Waals surface area contributed by atoms with Gasteiger partial charge in [0.1, 0.15) is 29.3 Å². The highest BCUT2D eigenvalue weighted by Crippen LogP contribution is 2.42. The quantitative estimate of drug-likeness (QED) is 0.0891. The number of carbonyl (C=O) groups is 3. The number of ether oxygens (including phenoxy) is 2. The molecule has 300 valence electrons. The average molecular weight is 839 g/mol. The summed E-state index contributed by atoms with van der Waals surface area (Å²) in [4.78, 5) is 44.3. The fraction of sp³-hybridized carbons (Fsp3) is 0.170. The number of rotatable bonds is 12. The van der Waals surface area contributed by atoms with Crippen LogP contribution in [0.15, 0.2) is 128 Å². The van der Waals surface area contributed by atoms with Crippen molar-refractivity contribution < 1.29 is 29.0 Å². The van der Waals surface area contributed by atoms with E-state index in [-0.39, 0.29) is 24.1 Å². The van der Waals surface area contributed by atoms with Crippen molar-refractivity contribution in [1.29, 1.82) is 5.26 Å². The number of anilines is 1. The number of fused-ring (bicyclic) bond motifs is 2. The van der Waals surface area contributed by atoms with Gasteiger partial charge in [-0.15, -0.1) is 0 Å². The lowest BCUT2D eigenvalue weighted by atomic mass is 9.79. The molecular weight excluding hydrogens is 801 g/mol. The highest BCUT2D eigenvalue weighted by atomic mass is 35.5. The van der Waals surface area contributed by atoms with Gasteiger partial charge in [0.05, 0.1) is 28.4 Å². The maximum atomic E-state index is 14.1. The van der Waals surface area contributed by atoms with Crippen molar-refractivity contribution >= 4 is 46.7 Å². The number of aliphatic carboxylic acids is 1. The van der Waals surface area contributed by atoms with E-state index in [4.69, 9.17) is 37.9 Å². The van der Waals surface area contributed by atoms with Crippen LogP contribution in [0, 0.1) is 11.3 Å². The molecule has 0 aliphatic carbocycles. The van der Waals surface area contributed by atoms with E-state index in [2.05, 4.69) is 27.0 Å². The van der Waals surface area contributed by atoms with Gasteiger partial charge in [-0.3, -0.25) is 9.59 Å². The SMILES string of the molecule is N#Cc1ccc(-c2ccc(C[C@H](NC(=O)C3NCc4cc5c(cc4C3Cc3ccccc3)NC(=O)C(c3ccc(OCc4cnc(Cl)c(Cl)c4)cc3)O5)C(=O)O)cc2)cc1. The van der Waals surface area contributed by atoms with E-state index in [1.807, 2.05) is 78.9 Å². The van der Waals surface area contributed by atoms with E-state index in [0.29, 0.717) is 46.3 Å². The molecule has 5 aromatic carbocycles. The highest BCUT2D eigenvalue weighted by molar-refractivity contribution is 6.41. The van der Waals surface area contributed by atoms with Crippen LogP contribution >= 0.6 is 23.2 Å². The number of hydrogen-bond donors (Lipinski definition) is 4. The molecule has 0 spiro atoms. The monoisotopic (exact) mass is 837 g/mol. The second-order valence-corrected chi connectivity index (χ2v) is 15.4. The summed E-state index contributed by atoms with van der Waals surface area (Å²) in [7, 11) is 0. The predicted octanol–water partition coefficient (Wildman–Crippen LogP) is 8.19. The van der Waals surface area contributed by atoms with Crippen molar-refractivity contribution in [1.82, 2.24) is 15.6 Å². The van der Waals surface area contributed by atoms with Gasteiger partial charge in [0.15, 0.2) is 0 Å². The lowest BCUT2D eigenvalue weighted by Gasteiger charge is -2.36. The minimum Gasteiger partial charge on any atom is -0.489 e. The van der Waals surface area contributed by atoms with Crippen LogP contribution in [0.3, 0.4) is 0 Å². The van der Waals surface area contributed by atoms with Gasteiger partial charge in [0.2, 0.25) is 12.0 Å². The van der Waals surface area contributed by atoms with E-state index < -0.39 is 36.0 Å². The molecule has 0 saturated carbocycles. The van der Waals surface area contributed by atoms with E-state index in [9.17, 15) is 19.5 Å². The molecule has 1 aromatic heterocycles. The minimum atomic E-state index is -1.19. The Balaban J connectivity index is 0.980. The molecule has 4 atom stereocenters. The van der Waals surface area contributed by atoms with Crippen molar-refractivity contribution in [2.45, 2.75) is 50.1 Å². The Labute approximate surface area is 355 Å². The lowest BCUT2D eigenvalue weighted by Crippen LogP contribution is -2.54. The van der Waals surface area contributed by atoms with E-state index in [1.165, 1.54) is 0 Å². The average Bonchev–Trinajstić information content (AvgIpc) is 3.26. The first-order valence-electron chi connectivity index (χ1n) is 19.2. The highest BCUT2D eigenvalue weighted by Gasteiger charge is 2.38. The predicted molar refractivity (Wildman–Crippen MR) is 227 cm³/mol. The zero-order valence-corrected chi connectivity index (χ0v) is 33.4. The molecule has 0 radical (unpaired) electrons. The number of benzene rings is 5. The number of hydrogen-bond acceptors (Lipinski definition) is 8. The summed E-state index contributed by atoms with van der Waals surface area (Å²) in [5, 5.41) is 29.1. The van der Waals surface area contributed by atoms with Gasteiger partial charge < -0.3 is 30.5 Å². The van der Waals surface area contributed by atoms with Crippen LogP contribution in [-0.2, 0) is 40.4 Å².